The second-order valence-corrected chi connectivity index (χ2v) is 15.1. The second-order valence-electron chi connectivity index (χ2n) is 15.1. The highest BCUT2D eigenvalue weighted by Crippen LogP contribution is 2.75. The van der Waals surface area contributed by atoms with E-state index in [-0.39, 0.29) is 27.8 Å². The topological polar surface area (TPSA) is 40.5 Å². The minimum atomic E-state index is -0.177. The van der Waals surface area contributed by atoms with E-state index in [0.717, 1.165) is 6.42 Å². The zero-order chi connectivity index (χ0) is 23.4. The molecule has 5 aliphatic rings. The predicted octanol–water partition coefficient (Wildman–Crippen LogP) is 7.14. The molecule has 5 rings (SSSR count). The number of aliphatic hydroxyl groups is 2. The maximum absolute atomic E-state index is 11.3. The fourth-order valence-corrected chi connectivity index (χ4v) is 10.8. The van der Waals surface area contributed by atoms with Crippen molar-refractivity contribution in [3.05, 3.63) is 11.6 Å². The Morgan fingerprint density at radius 3 is 2.25 bits per heavy atom. The van der Waals surface area contributed by atoms with Crippen LogP contribution in [-0.4, -0.2) is 22.9 Å². The highest BCUT2D eigenvalue weighted by atomic mass is 16.3. The van der Waals surface area contributed by atoms with Gasteiger partial charge in [-0.25, -0.2) is 0 Å². The van der Waals surface area contributed by atoms with Crippen LogP contribution in [0.2, 0.25) is 0 Å². The first-order chi connectivity index (χ1) is 14.8. The summed E-state index contributed by atoms with van der Waals surface area (Å²) in [4.78, 5) is 0. The van der Waals surface area contributed by atoms with Gasteiger partial charge in [-0.2, -0.15) is 0 Å². The van der Waals surface area contributed by atoms with Crippen LogP contribution in [0.15, 0.2) is 11.6 Å². The van der Waals surface area contributed by atoms with Crippen LogP contribution >= 0.6 is 0 Å². The van der Waals surface area contributed by atoms with Crippen LogP contribution < -0.4 is 0 Å². The number of hydrogen-bond donors (Lipinski definition) is 2. The monoisotopic (exact) mass is 442 g/mol. The summed E-state index contributed by atoms with van der Waals surface area (Å²) in [6, 6.07) is 0. The summed E-state index contributed by atoms with van der Waals surface area (Å²) in [6.45, 7) is 17.8. The molecule has 0 aromatic heterocycles. The van der Waals surface area contributed by atoms with Gasteiger partial charge in [-0.05, 0) is 103 Å². The van der Waals surface area contributed by atoms with Crippen molar-refractivity contribution in [3.8, 4) is 0 Å². The molecule has 4 fully saturated rings. The largest absolute Gasteiger partial charge is 0.396 e. The van der Waals surface area contributed by atoms with E-state index >= 15 is 0 Å². The summed E-state index contributed by atoms with van der Waals surface area (Å²) in [7, 11) is 0. The van der Waals surface area contributed by atoms with Gasteiger partial charge < -0.3 is 10.2 Å². The third-order valence-electron chi connectivity index (χ3n) is 13.0. The van der Waals surface area contributed by atoms with Crippen LogP contribution in [0.5, 0.6) is 0 Å². The molecule has 0 spiro atoms. The first-order valence-corrected chi connectivity index (χ1v) is 13.8. The van der Waals surface area contributed by atoms with E-state index in [9.17, 15) is 10.2 Å². The number of allylic oxidation sites excluding steroid dienone is 2. The van der Waals surface area contributed by atoms with Crippen molar-refractivity contribution in [1.29, 1.82) is 0 Å². The number of aliphatic hydroxyl groups excluding tert-OH is 2. The van der Waals surface area contributed by atoms with Crippen molar-refractivity contribution < 1.29 is 10.2 Å². The maximum atomic E-state index is 11.3. The molecule has 0 aliphatic heterocycles. The Kier molecular flexibility index (Phi) is 5.02. The third-order valence-corrected chi connectivity index (χ3v) is 13.0. The molecule has 0 aromatic carbocycles. The maximum Gasteiger partial charge on any atom is 0.0604 e. The van der Waals surface area contributed by atoms with Crippen LogP contribution in [0.4, 0.5) is 0 Å². The zero-order valence-corrected chi connectivity index (χ0v) is 22.1. The van der Waals surface area contributed by atoms with Crippen LogP contribution in [0.1, 0.15) is 113 Å². The molecule has 4 saturated carbocycles. The Morgan fingerprint density at radius 1 is 0.844 bits per heavy atom. The lowest BCUT2D eigenvalue weighted by Gasteiger charge is -2.71. The average molecular weight is 443 g/mol. The molecule has 2 unspecified atom stereocenters. The Morgan fingerprint density at radius 2 is 1.56 bits per heavy atom. The van der Waals surface area contributed by atoms with Crippen LogP contribution in [-0.2, 0) is 0 Å². The van der Waals surface area contributed by atoms with Crippen LogP contribution in [0.3, 0.4) is 0 Å². The van der Waals surface area contributed by atoms with Crippen molar-refractivity contribution in [3.63, 3.8) is 0 Å². The van der Waals surface area contributed by atoms with Gasteiger partial charge in [0.2, 0.25) is 0 Å². The first kappa shape index (κ1) is 23.4. The van der Waals surface area contributed by atoms with Crippen molar-refractivity contribution in [2.75, 3.05) is 6.61 Å². The van der Waals surface area contributed by atoms with E-state index in [2.05, 4.69) is 54.5 Å². The molecule has 2 heteroatoms. The van der Waals surface area contributed by atoms with E-state index in [1.54, 1.807) is 5.57 Å². The lowest BCUT2D eigenvalue weighted by molar-refractivity contribution is -0.195. The molecular weight excluding hydrogens is 392 g/mol. The molecule has 0 saturated heterocycles. The molecule has 0 amide bonds. The van der Waals surface area contributed by atoms with Gasteiger partial charge in [0.15, 0.2) is 0 Å². The van der Waals surface area contributed by atoms with E-state index in [4.69, 9.17) is 0 Å². The van der Waals surface area contributed by atoms with E-state index < -0.39 is 0 Å². The summed E-state index contributed by atoms with van der Waals surface area (Å²) in [5.41, 5.74) is 2.99. The van der Waals surface area contributed by atoms with Crippen LogP contribution in [0.25, 0.3) is 0 Å². The molecule has 9 atom stereocenters. The van der Waals surface area contributed by atoms with Crippen LogP contribution in [0, 0.1) is 50.2 Å². The lowest BCUT2D eigenvalue weighted by Crippen LogP contribution is -2.64. The molecule has 5 aliphatic carbocycles. The van der Waals surface area contributed by atoms with Crippen molar-refractivity contribution in [2.24, 2.45) is 50.2 Å². The Balaban J connectivity index is 1.58. The fourth-order valence-electron chi connectivity index (χ4n) is 10.8. The van der Waals surface area contributed by atoms with E-state index in [1.807, 2.05) is 0 Å². The Bertz CT molecular complexity index is 814. The molecule has 182 valence electrons. The van der Waals surface area contributed by atoms with Gasteiger partial charge in [-0.15, -0.1) is 0 Å². The quantitative estimate of drug-likeness (QED) is 0.424. The zero-order valence-electron chi connectivity index (χ0n) is 22.1. The van der Waals surface area contributed by atoms with Gasteiger partial charge in [0, 0.05) is 12.0 Å². The molecule has 2 nitrogen and oxygen atoms in total. The minimum absolute atomic E-state index is 0.0471. The van der Waals surface area contributed by atoms with Gasteiger partial charge in [-0.3, -0.25) is 0 Å². The number of hydrogen-bond acceptors (Lipinski definition) is 2. The molecule has 0 radical (unpaired) electrons. The number of rotatable bonds is 1. The van der Waals surface area contributed by atoms with Gasteiger partial charge in [0.25, 0.3) is 0 Å². The Hall–Kier alpha value is -0.340. The Labute approximate surface area is 197 Å². The highest BCUT2D eigenvalue weighted by Gasteiger charge is 2.68. The fraction of sp³-hybridized carbons (Fsp3) is 0.933. The van der Waals surface area contributed by atoms with Crippen molar-refractivity contribution >= 4 is 0 Å². The summed E-state index contributed by atoms with van der Waals surface area (Å²) < 4.78 is 0. The second kappa shape index (κ2) is 6.87. The molecule has 0 aromatic rings. The normalized spacial score (nSPS) is 56.8. The highest BCUT2D eigenvalue weighted by molar-refractivity contribution is 5.34. The minimum Gasteiger partial charge on any atom is -0.396 e. The molecule has 0 heterocycles. The first-order valence-electron chi connectivity index (χ1n) is 13.8. The summed E-state index contributed by atoms with van der Waals surface area (Å²) in [5, 5.41) is 21.7. The van der Waals surface area contributed by atoms with E-state index in [0.29, 0.717) is 35.2 Å². The van der Waals surface area contributed by atoms with Crippen molar-refractivity contribution in [2.45, 2.75) is 119 Å². The number of fused-ring (bicyclic) bond motifs is 7. The van der Waals surface area contributed by atoms with E-state index in [1.165, 1.54) is 57.8 Å². The van der Waals surface area contributed by atoms with Crippen molar-refractivity contribution in [1.82, 2.24) is 0 Å². The standard InChI is InChI=1S/C30H50O2/c1-25(2)17-21-20-9-10-23-28(5)13-8-12-26(3,19-31)22(28)11-14-30(23,7)29(20,6)16-15-27(21,4)24(32)18-25/h9,21-24,31-32H,8,10-19H2,1-7H3/t21-,22?,23?,24+,26+,27+,28-,29+,30+/m0/s1. The van der Waals surface area contributed by atoms with Gasteiger partial charge in [0.1, 0.15) is 0 Å². The third kappa shape index (κ3) is 2.78. The summed E-state index contributed by atoms with van der Waals surface area (Å²) in [5.74, 6) is 1.88. The average Bonchev–Trinajstić information content (AvgIpc) is 2.70. The van der Waals surface area contributed by atoms with Gasteiger partial charge in [-0.1, -0.05) is 66.5 Å². The SMILES string of the molecule is CC1(C)C[C@@H](O)[C@]2(C)CC[C@]3(C)C(=CCC4[C@@]5(C)CCC[C@](C)(CO)C5CC[C@]43C)[C@@H]2C1. The molecule has 0 bridgehead atoms. The predicted molar refractivity (Wildman–Crippen MR) is 132 cm³/mol. The smallest absolute Gasteiger partial charge is 0.0604 e. The molecular formula is C30H50O2. The van der Waals surface area contributed by atoms with Gasteiger partial charge >= 0.3 is 0 Å². The summed E-state index contributed by atoms with van der Waals surface area (Å²) >= 11 is 0. The lowest BCUT2D eigenvalue weighted by atomic mass is 9.33. The molecule has 32 heavy (non-hydrogen) atoms. The van der Waals surface area contributed by atoms with Gasteiger partial charge in [0.05, 0.1) is 6.10 Å². The summed E-state index contributed by atoms with van der Waals surface area (Å²) in [6.07, 6.45) is 14.7. The molecule has 2 N–H and O–H groups in total.